The SMILES string of the molecule is CCNC(=NCC1(S(C)(=O)=O)CCOCC1)NCCN1CCCCC1. The molecule has 0 spiro atoms. The number of guanidine groups is 1. The standard InChI is InChI=1S/C17H34N4O3S/c1-3-18-16(19-9-12-21-10-5-4-6-11-21)20-15-17(25(2,22)23)7-13-24-14-8-17/h3-15H2,1-2H3,(H2,18,19,20). The molecule has 0 radical (unpaired) electrons. The number of nitrogens with zero attached hydrogens (tertiary/aromatic N) is 2. The van der Waals surface area contributed by atoms with Gasteiger partial charge in [0, 0.05) is 39.1 Å². The van der Waals surface area contributed by atoms with Crippen molar-refractivity contribution in [2.45, 2.75) is 43.8 Å². The number of sulfone groups is 1. The molecule has 2 fully saturated rings. The van der Waals surface area contributed by atoms with Gasteiger partial charge in [0.15, 0.2) is 15.8 Å². The third kappa shape index (κ3) is 6.11. The lowest BCUT2D eigenvalue weighted by atomic mass is 9.99. The van der Waals surface area contributed by atoms with Crippen LogP contribution in [-0.4, -0.2) is 82.8 Å². The fourth-order valence-corrected chi connectivity index (χ4v) is 4.68. The predicted molar refractivity (Wildman–Crippen MR) is 102 cm³/mol. The van der Waals surface area contributed by atoms with Gasteiger partial charge >= 0.3 is 0 Å². The second-order valence-electron chi connectivity index (χ2n) is 7.09. The fourth-order valence-electron chi connectivity index (χ4n) is 3.47. The van der Waals surface area contributed by atoms with Gasteiger partial charge in [-0.25, -0.2) is 8.42 Å². The van der Waals surface area contributed by atoms with Gasteiger partial charge in [-0.05, 0) is 45.7 Å². The van der Waals surface area contributed by atoms with Crippen molar-refractivity contribution in [2.24, 2.45) is 4.99 Å². The van der Waals surface area contributed by atoms with E-state index < -0.39 is 14.6 Å². The highest BCUT2D eigenvalue weighted by atomic mass is 32.2. The van der Waals surface area contributed by atoms with Crippen LogP contribution in [0.3, 0.4) is 0 Å². The number of ether oxygens (including phenoxy) is 1. The van der Waals surface area contributed by atoms with Crippen LogP contribution in [0.2, 0.25) is 0 Å². The lowest BCUT2D eigenvalue weighted by Crippen LogP contribution is -2.48. The third-order valence-corrected chi connectivity index (χ3v) is 7.34. The van der Waals surface area contributed by atoms with E-state index in [2.05, 4.69) is 20.5 Å². The minimum Gasteiger partial charge on any atom is -0.381 e. The molecule has 0 amide bonds. The van der Waals surface area contributed by atoms with E-state index in [1.54, 1.807) is 0 Å². The second-order valence-corrected chi connectivity index (χ2v) is 9.50. The van der Waals surface area contributed by atoms with Crippen molar-refractivity contribution in [1.29, 1.82) is 0 Å². The van der Waals surface area contributed by atoms with Crippen LogP contribution in [0.4, 0.5) is 0 Å². The minimum absolute atomic E-state index is 0.286. The van der Waals surface area contributed by atoms with E-state index in [-0.39, 0.29) is 6.54 Å². The number of nitrogens with one attached hydrogen (secondary N) is 2. The van der Waals surface area contributed by atoms with Gasteiger partial charge in [-0.2, -0.15) is 0 Å². The van der Waals surface area contributed by atoms with Crippen LogP contribution < -0.4 is 10.6 Å². The molecule has 7 nitrogen and oxygen atoms in total. The summed E-state index contributed by atoms with van der Waals surface area (Å²) in [5.74, 6) is 0.703. The van der Waals surface area contributed by atoms with Crippen LogP contribution in [0.1, 0.15) is 39.0 Å². The van der Waals surface area contributed by atoms with Gasteiger partial charge in [-0.3, -0.25) is 4.99 Å². The van der Waals surface area contributed by atoms with Crippen LogP contribution in [0.5, 0.6) is 0 Å². The topological polar surface area (TPSA) is 83.0 Å². The van der Waals surface area contributed by atoms with Crippen molar-refractivity contribution in [1.82, 2.24) is 15.5 Å². The zero-order valence-corrected chi connectivity index (χ0v) is 16.5. The second kappa shape index (κ2) is 9.73. The van der Waals surface area contributed by atoms with Crippen LogP contribution >= 0.6 is 0 Å². The van der Waals surface area contributed by atoms with Gasteiger partial charge in [0.25, 0.3) is 0 Å². The van der Waals surface area contributed by atoms with E-state index in [0.29, 0.717) is 32.0 Å². The summed E-state index contributed by atoms with van der Waals surface area (Å²) in [6.07, 6.45) is 6.26. The van der Waals surface area contributed by atoms with E-state index in [0.717, 1.165) is 19.6 Å². The lowest BCUT2D eigenvalue weighted by Gasteiger charge is -2.34. The Morgan fingerprint density at radius 1 is 1.16 bits per heavy atom. The van der Waals surface area contributed by atoms with Gasteiger partial charge in [-0.15, -0.1) is 0 Å². The molecule has 2 aliphatic heterocycles. The van der Waals surface area contributed by atoms with Gasteiger partial charge < -0.3 is 20.3 Å². The van der Waals surface area contributed by atoms with Gasteiger partial charge in [0.2, 0.25) is 0 Å². The monoisotopic (exact) mass is 374 g/mol. The lowest BCUT2D eigenvalue weighted by molar-refractivity contribution is 0.0768. The van der Waals surface area contributed by atoms with Crippen molar-refractivity contribution in [3.63, 3.8) is 0 Å². The maximum atomic E-state index is 12.3. The molecule has 25 heavy (non-hydrogen) atoms. The van der Waals surface area contributed by atoms with Crippen molar-refractivity contribution in [3.8, 4) is 0 Å². The molecule has 2 aliphatic rings. The number of piperidine rings is 1. The molecule has 2 heterocycles. The van der Waals surface area contributed by atoms with E-state index in [4.69, 9.17) is 4.74 Å². The molecule has 0 bridgehead atoms. The predicted octanol–water partition coefficient (Wildman–Crippen LogP) is 0.621. The zero-order chi connectivity index (χ0) is 18.2. The summed E-state index contributed by atoms with van der Waals surface area (Å²) in [6, 6.07) is 0. The Kier molecular flexibility index (Phi) is 7.96. The normalized spacial score (nSPS) is 22.6. The Labute approximate surface area is 152 Å². The first-order valence-corrected chi connectivity index (χ1v) is 11.4. The largest absolute Gasteiger partial charge is 0.381 e. The van der Waals surface area contributed by atoms with E-state index in [1.165, 1.54) is 38.6 Å². The van der Waals surface area contributed by atoms with Crippen LogP contribution in [0.15, 0.2) is 4.99 Å². The smallest absolute Gasteiger partial charge is 0.191 e. The molecule has 0 unspecified atom stereocenters. The summed E-state index contributed by atoms with van der Waals surface area (Å²) in [6.45, 7) is 8.19. The summed E-state index contributed by atoms with van der Waals surface area (Å²) in [5.41, 5.74) is 0. The number of hydrogen-bond donors (Lipinski definition) is 2. The average molecular weight is 375 g/mol. The first kappa shape index (κ1) is 20.5. The first-order chi connectivity index (χ1) is 12.0. The Balaban J connectivity index is 1.92. The highest BCUT2D eigenvalue weighted by Gasteiger charge is 2.42. The number of likely N-dealkylation sites (tertiary alicyclic amines) is 1. The Bertz CT molecular complexity index is 524. The quantitative estimate of drug-likeness (QED) is 0.502. The highest BCUT2D eigenvalue weighted by Crippen LogP contribution is 2.29. The van der Waals surface area contributed by atoms with Crippen LogP contribution in [0.25, 0.3) is 0 Å². The highest BCUT2D eigenvalue weighted by molar-refractivity contribution is 7.92. The van der Waals surface area contributed by atoms with E-state index in [9.17, 15) is 8.42 Å². The fraction of sp³-hybridized carbons (Fsp3) is 0.941. The summed E-state index contributed by atoms with van der Waals surface area (Å²) < 4.78 is 29.2. The summed E-state index contributed by atoms with van der Waals surface area (Å²) in [5, 5.41) is 6.57. The van der Waals surface area contributed by atoms with Crippen LogP contribution in [-0.2, 0) is 14.6 Å². The number of rotatable bonds is 7. The zero-order valence-electron chi connectivity index (χ0n) is 15.7. The van der Waals surface area contributed by atoms with Crippen molar-refractivity contribution in [3.05, 3.63) is 0 Å². The summed E-state index contributed by atoms with van der Waals surface area (Å²) in [4.78, 5) is 7.07. The van der Waals surface area contributed by atoms with Gasteiger partial charge in [0.1, 0.15) is 0 Å². The molecule has 0 aliphatic carbocycles. The minimum atomic E-state index is -3.19. The molecule has 2 rings (SSSR count). The Morgan fingerprint density at radius 2 is 1.84 bits per heavy atom. The first-order valence-electron chi connectivity index (χ1n) is 9.49. The summed E-state index contributed by atoms with van der Waals surface area (Å²) in [7, 11) is -3.19. The van der Waals surface area contributed by atoms with Crippen molar-refractivity contribution in [2.75, 3.05) is 58.7 Å². The number of aliphatic imine (C=N–C) groups is 1. The molecule has 146 valence electrons. The van der Waals surface area contributed by atoms with Gasteiger partial charge in [0.05, 0.1) is 11.3 Å². The molecule has 0 aromatic carbocycles. The van der Waals surface area contributed by atoms with E-state index >= 15 is 0 Å². The molecule has 2 saturated heterocycles. The molecular weight excluding hydrogens is 340 g/mol. The van der Waals surface area contributed by atoms with Gasteiger partial charge in [-0.1, -0.05) is 6.42 Å². The molecule has 0 saturated carbocycles. The molecule has 0 aromatic rings. The molecule has 0 atom stereocenters. The molecular formula is C17H34N4O3S. The molecule has 2 N–H and O–H groups in total. The Hall–Kier alpha value is -0.860. The van der Waals surface area contributed by atoms with Crippen molar-refractivity contribution < 1.29 is 13.2 Å². The van der Waals surface area contributed by atoms with Crippen LogP contribution in [0, 0.1) is 0 Å². The Morgan fingerprint density at radius 3 is 2.44 bits per heavy atom. The maximum absolute atomic E-state index is 12.3. The summed E-state index contributed by atoms with van der Waals surface area (Å²) >= 11 is 0. The van der Waals surface area contributed by atoms with Crippen molar-refractivity contribution >= 4 is 15.8 Å². The maximum Gasteiger partial charge on any atom is 0.191 e. The third-order valence-electron chi connectivity index (χ3n) is 5.23. The van der Waals surface area contributed by atoms with E-state index in [1.807, 2.05) is 6.92 Å². The molecule has 8 heteroatoms. The molecule has 0 aromatic heterocycles. The number of hydrogen-bond acceptors (Lipinski definition) is 5. The average Bonchev–Trinajstić information content (AvgIpc) is 2.60.